The Hall–Kier alpha value is -3.07. The molecule has 0 radical (unpaired) electrons. The van der Waals surface area contributed by atoms with Gasteiger partial charge in [-0.3, -0.25) is 4.79 Å². The molecule has 1 aromatic carbocycles. The summed E-state index contributed by atoms with van der Waals surface area (Å²) in [5.41, 5.74) is 2.24. The van der Waals surface area contributed by atoms with Crippen molar-refractivity contribution in [3.8, 4) is 11.9 Å². The number of pyridine rings is 1. The molecule has 3 heterocycles. The van der Waals surface area contributed by atoms with Gasteiger partial charge in [0.1, 0.15) is 11.6 Å². The summed E-state index contributed by atoms with van der Waals surface area (Å²) in [5, 5.41) is 12.8. The molecule has 2 aliphatic rings. The fourth-order valence-electron chi connectivity index (χ4n) is 4.30. The van der Waals surface area contributed by atoms with Gasteiger partial charge in [-0.2, -0.15) is 5.26 Å². The number of anilines is 1. The molecule has 0 saturated carbocycles. The molecule has 0 unspecified atom stereocenters. The van der Waals surface area contributed by atoms with Gasteiger partial charge in [0.25, 0.3) is 0 Å². The Bertz CT molecular complexity index is 883. The quantitative estimate of drug-likeness (QED) is 0.908. The third-order valence-corrected chi connectivity index (χ3v) is 5.76. The fraction of sp³-hybridized carbons (Fsp3) is 0.381. The SMILES string of the molecule is COc1nccc(N2CCC3(CC2)C[C@H](c2ccccc2)C(=O)N3)c1C#N. The number of nitrogens with zero attached hydrogens (tertiary/aromatic N) is 3. The summed E-state index contributed by atoms with van der Waals surface area (Å²) in [5.74, 6) is 0.403. The lowest BCUT2D eigenvalue weighted by Gasteiger charge is -2.40. The second-order valence-electron chi connectivity index (χ2n) is 7.25. The van der Waals surface area contributed by atoms with Crippen LogP contribution in [0, 0.1) is 11.3 Å². The number of hydrogen-bond donors (Lipinski definition) is 1. The van der Waals surface area contributed by atoms with Gasteiger partial charge in [-0.1, -0.05) is 30.3 Å². The average Bonchev–Trinajstić information content (AvgIpc) is 3.04. The minimum Gasteiger partial charge on any atom is -0.480 e. The maximum absolute atomic E-state index is 12.6. The molecule has 1 atom stereocenters. The van der Waals surface area contributed by atoms with Gasteiger partial charge in [0.05, 0.1) is 18.7 Å². The molecule has 2 aliphatic heterocycles. The standard InChI is InChI=1S/C21H22N4O2/c1-27-20-17(14-22)18(7-10-23-20)25-11-8-21(9-12-25)13-16(19(26)24-21)15-5-3-2-4-6-15/h2-7,10,16H,8-9,11-13H2,1H3,(H,24,26)/t16-/m1/s1. The number of ether oxygens (including phenoxy) is 1. The molecular formula is C21H22N4O2. The summed E-state index contributed by atoms with van der Waals surface area (Å²) in [4.78, 5) is 18.9. The molecule has 2 saturated heterocycles. The number of rotatable bonds is 3. The van der Waals surface area contributed by atoms with E-state index in [-0.39, 0.29) is 17.4 Å². The van der Waals surface area contributed by atoms with Gasteiger partial charge in [0, 0.05) is 24.8 Å². The highest BCUT2D eigenvalue weighted by Crippen LogP contribution is 2.40. The molecule has 4 rings (SSSR count). The molecular weight excluding hydrogens is 340 g/mol. The van der Waals surface area contributed by atoms with E-state index in [1.165, 1.54) is 7.11 Å². The smallest absolute Gasteiger partial charge is 0.233 e. The third kappa shape index (κ3) is 3.10. The number of benzene rings is 1. The molecule has 1 amide bonds. The Labute approximate surface area is 158 Å². The third-order valence-electron chi connectivity index (χ3n) is 5.76. The maximum atomic E-state index is 12.6. The van der Waals surface area contributed by atoms with Crippen molar-refractivity contribution in [2.75, 3.05) is 25.1 Å². The zero-order chi connectivity index (χ0) is 18.9. The lowest BCUT2D eigenvalue weighted by molar-refractivity contribution is -0.121. The number of amides is 1. The molecule has 2 fully saturated rings. The Morgan fingerprint density at radius 2 is 2.00 bits per heavy atom. The monoisotopic (exact) mass is 362 g/mol. The number of nitriles is 1. The van der Waals surface area contributed by atoms with Gasteiger partial charge in [-0.05, 0) is 30.9 Å². The lowest BCUT2D eigenvalue weighted by atomic mass is 9.81. The number of carbonyl (C=O) groups is 1. The van der Waals surface area contributed by atoms with E-state index in [1.807, 2.05) is 36.4 Å². The second kappa shape index (κ2) is 6.92. The predicted octanol–water partition coefficient (Wildman–Crippen LogP) is 2.60. The first kappa shape index (κ1) is 17.3. The van der Waals surface area contributed by atoms with Crippen LogP contribution in [-0.2, 0) is 4.79 Å². The summed E-state index contributed by atoms with van der Waals surface area (Å²) in [6.07, 6.45) is 4.21. The molecule has 1 aromatic heterocycles. The zero-order valence-corrected chi connectivity index (χ0v) is 15.3. The number of aromatic nitrogens is 1. The van der Waals surface area contributed by atoms with Crippen LogP contribution in [0.3, 0.4) is 0 Å². The first-order chi connectivity index (χ1) is 13.2. The number of carbonyl (C=O) groups excluding carboxylic acids is 1. The van der Waals surface area contributed by atoms with E-state index in [4.69, 9.17) is 4.74 Å². The van der Waals surface area contributed by atoms with E-state index in [0.717, 1.165) is 43.6 Å². The van der Waals surface area contributed by atoms with Crippen LogP contribution in [0.2, 0.25) is 0 Å². The lowest BCUT2D eigenvalue weighted by Crippen LogP contribution is -2.51. The number of piperidine rings is 1. The van der Waals surface area contributed by atoms with Crippen molar-refractivity contribution in [1.82, 2.24) is 10.3 Å². The minimum absolute atomic E-state index is 0.0755. The van der Waals surface area contributed by atoms with Crippen molar-refractivity contribution in [3.63, 3.8) is 0 Å². The summed E-state index contributed by atoms with van der Waals surface area (Å²) >= 11 is 0. The molecule has 0 bridgehead atoms. The number of hydrogen-bond acceptors (Lipinski definition) is 5. The topological polar surface area (TPSA) is 78.2 Å². The number of methoxy groups -OCH3 is 1. The van der Waals surface area contributed by atoms with Crippen molar-refractivity contribution in [2.45, 2.75) is 30.7 Å². The van der Waals surface area contributed by atoms with Crippen LogP contribution < -0.4 is 15.0 Å². The van der Waals surface area contributed by atoms with Crippen molar-refractivity contribution in [2.24, 2.45) is 0 Å². The summed E-state index contributed by atoms with van der Waals surface area (Å²) in [7, 11) is 1.52. The van der Waals surface area contributed by atoms with Crippen molar-refractivity contribution < 1.29 is 9.53 Å². The van der Waals surface area contributed by atoms with Crippen LogP contribution in [-0.4, -0.2) is 36.6 Å². The Morgan fingerprint density at radius 3 is 2.67 bits per heavy atom. The molecule has 1 N–H and O–H groups in total. The largest absolute Gasteiger partial charge is 0.480 e. The molecule has 1 spiro atoms. The minimum atomic E-state index is -0.155. The van der Waals surface area contributed by atoms with Crippen LogP contribution in [0.5, 0.6) is 5.88 Å². The summed E-state index contributed by atoms with van der Waals surface area (Å²) in [6, 6.07) is 14.1. The highest BCUT2D eigenvalue weighted by atomic mass is 16.5. The Morgan fingerprint density at radius 1 is 1.26 bits per heavy atom. The molecule has 27 heavy (non-hydrogen) atoms. The van der Waals surface area contributed by atoms with Crippen LogP contribution in [0.25, 0.3) is 0 Å². The molecule has 6 heteroatoms. The first-order valence-corrected chi connectivity index (χ1v) is 9.21. The van der Waals surface area contributed by atoms with Gasteiger partial charge < -0.3 is 15.0 Å². The van der Waals surface area contributed by atoms with E-state index in [0.29, 0.717) is 11.4 Å². The fourth-order valence-corrected chi connectivity index (χ4v) is 4.30. The predicted molar refractivity (Wildman–Crippen MR) is 102 cm³/mol. The van der Waals surface area contributed by atoms with Gasteiger partial charge in [-0.15, -0.1) is 0 Å². The molecule has 2 aromatic rings. The Kier molecular flexibility index (Phi) is 4.44. The second-order valence-corrected chi connectivity index (χ2v) is 7.25. The van der Waals surface area contributed by atoms with E-state index in [9.17, 15) is 10.1 Å². The average molecular weight is 362 g/mol. The van der Waals surface area contributed by atoms with E-state index in [1.54, 1.807) is 6.20 Å². The van der Waals surface area contributed by atoms with Gasteiger partial charge in [0.15, 0.2) is 0 Å². The van der Waals surface area contributed by atoms with Gasteiger partial charge >= 0.3 is 0 Å². The van der Waals surface area contributed by atoms with E-state index < -0.39 is 0 Å². The van der Waals surface area contributed by atoms with Gasteiger partial charge in [-0.25, -0.2) is 4.98 Å². The normalized spacial score (nSPS) is 21.0. The van der Waals surface area contributed by atoms with E-state index in [2.05, 4.69) is 21.3 Å². The number of nitrogens with one attached hydrogen (secondary N) is 1. The maximum Gasteiger partial charge on any atom is 0.233 e. The van der Waals surface area contributed by atoms with Gasteiger partial charge in [0.2, 0.25) is 11.8 Å². The van der Waals surface area contributed by atoms with Crippen LogP contribution in [0.4, 0.5) is 5.69 Å². The molecule has 0 aliphatic carbocycles. The van der Waals surface area contributed by atoms with Crippen molar-refractivity contribution in [3.05, 3.63) is 53.7 Å². The van der Waals surface area contributed by atoms with E-state index >= 15 is 0 Å². The first-order valence-electron chi connectivity index (χ1n) is 9.21. The molecule has 6 nitrogen and oxygen atoms in total. The van der Waals surface area contributed by atoms with Crippen molar-refractivity contribution in [1.29, 1.82) is 5.26 Å². The van der Waals surface area contributed by atoms with Crippen LogP contribution >= 0.6 is 0 Å². The summed E-state index contributed by atoms with van der Waals surface area (Å²) < 4.78 is 5.22. The van der Waals surface area contributed by atoms with Crippen molar-refractivity contribution >= 4 is 11.6 Å². The zero-order valence-electron chi connectivity index (χ0n) is 15.3. The van der Waals surface area contributed by atoms with Crippen LogP contribution in [0.1, 0.15) is 36.3 Å². The highest BCUT2D eigenvalue weighted by molar-refractivity contribution is 5.87. The molecule has 138 valence electrons. The van der Waals surface area contributed by atoms with Crippen LogP contribution in [0.15, 0.2) is 42.6 Å². The highest BCUT2D eigenvalue weighted by Gasteiger charge is 2.46. The Balaban J connectivity index is 1.50. The summed E-state index contributed by atoms with van der Waals surface area (Å²) in [6.45, 7) is 1.56.